The van der Waals surface area contributed by atoms with Gasteiger partial charge >= 0.3 is 5.97 Å². The zero-order valence-corrected chi connectivity index (χ0v) is 14.9. The topological polar surface area (TPSA) is 86.7 Å². The lowest BCUT2D eigenvalue weighted by Crippen LogP contribution is -2.36. The van der Waals surface area contributed by atoms with E-state index in [1.165, 1.54) is 4.90 Å². The molecule has 3 rings (SSSR count). The maximum absolute atomic E-state index is 12.6. The lowest BCUT2D eigenvalue weighted by molar-refractivity contribution is -0.145. The molecule has 0 saturated carbocycles. The third kappa shape index (κ3) is 4.94. The van der Waals surface area contributed by atoms with Crippen molar-refractivity contribution in [1.29, 1.82) is 0 Å². The van der Waals surface area contributed by atoms with Crippen molar-refractivity contribution in [3.05, 3.63) is 65.7 Å². The second-order valence-corrected chi connectivity index (χ2v) is 6.72. The summed E-state index contributed by atoms with van der Waals surface area (Å²) in [6.45, 7) is -0.112. The number of hydrogen-bond donors (Lipinski definition) is 2. The van der Waals surface area contributed by atoms with Crippen LogP contribution in [0.5, 0.6) is 0 Å². The highest BCUT2D eigenvalue weighted by molar-refractivity contribution is 5.96. The summed E-state index contributed by atoms with van der Waals surface area (Å²) < 4.78 is 0. The van der Waals surface area contributed by atoms with Gasteiger partial charge in [-0.1, -0.05) is 48.5 Å². The van der Waals surface area contributed by atoms with E-state index in [2.05, 4.69) is 5.32 Å². The molecule has 0 radical (unpaired) electrons. The van der Waals surface area contributed by atoms with Crippen LogP contribution in [0.3, 0.4) is 0 Å². The van der Waals surface area contributed by atoms with E-state index in [9.17, 15) is 14.4 Å². The van der Waals surface area contributed by atoms with Gasteiger partial charge in [-0.2, -0.15) is 0 Å². The number of nitrogens with one attached hydrogen (secondary N) is 1. The van der Waals surface area contributed by atoms with E-state index in [4.69, 9.17) is 5.11 Å². The number of carboxylic acids is 1. The van der Waals surface area contributed by atoms with Crippen molar-refractivity contribution < 1.29 is 19.5 Å². The smallest absolute Gasteiger partial charge is 0.323 e. The minimum atomic E-state index is -1.05. The quantitative estimate of drug-likeness (QED) is 0.789. The highest BCUT2D eigenvalue weighted by Crippen LogP contribution is 2.27. The first kappa shape index (κ1) is 18.6. The van der Waals surface area contributed by atoms with E-state index in [1.807, 2.05) is 54.6 Å². The van der Waals surface area contributed by atoms with E-state index in [0.717, 1.165) is 16.8 Å². The molecule has 0 aromatic heterocycles. The predicted molar refractivity (Wildman–Crippen MR) is 101 cm³/mol. The molecule has 140 valence electrons. The Hall–Kier alpha value is -3.15. The number of fused-ring (bicyclic) bond motifs is 1. The van der Waals surface area contributed by atoms with Crippen LogP contribution in [0.2, 0.25) is 0 Å². The number of anilines is 1. The first-order valence-corrected chi connectivity index (χ1v) is 8.95. The van der Waals surface area contributed by atoms with Gasteiger partial charge in [0.15, 0.2) is 0 Å². The number of aliphatic carboxylic acids is 1. The van der Waals surface area contributed by atoms with Gasteiger partial charge in [0.2, 0.25) is 11.8 Å². The molecule has 2 aromatic carbocycles. The minimum absolute atomic E-state index is 0.0886. The second kappa shape index (κ2) is 8.49. The average molecular weight is 366 g/mol. The van der Waals surface area contributed by atoms with Crippen LogP contribution in [0.25, 0.3) is 0 Å². The molecule has 27 heavy (non-hydrogen) atoms. The van der Waals surface area contributed by atoms with Crippen molar-refractivity contribution in [3.8, 4) is 0 Å². The lowest BCUT2D eigenvalue weighted by Gasteiger charge is -2.26. The highest BCUT2D eigenvalue weighted by atomic mass is 16.4. The Bertz CT molecular complexity index is 835. The molecule has 1 aliphatic rings. The van der Waals surface area contributed by atoms with Crippen LogP contribution in [0.1, 0.15) is 24.0 Å². The largest absolute Gasteiger partial charge is 0.480 e. The number of rotatable bonds is 7. The molecule has 2 amide bonds. The Morgan fingerprint density at radius 3 is 2.52 bits per heavy atom. The number of benzene rings is 2. The number of carboxylic acid groups (broad SMARTS) is 1. The van der Waals surface area contributed by atoms with Crippen LogP contribution < -0.4 is 5.32 Å². The van der Waals surface area contributed by atoms with E-state index in [-0.39, 0.29) is 37.2 Å². The highest BCUT2D eigenvalue weighted by Gasteiger charge is 2.27. The average Bonchev–Trinajstić information content (AvgIpc) is 2.66. The van der Waals surface area contributed by atoms with Crippen molar-refractivity contribution in [2.75, 3.05) is 11.9 Å². The Kier molecular flexibility index (Phi) is 5.86. The standard InChI is InChI=1S/C21H22N2O4/c24-19(23(14-20(25)26)13-15-6-2-1-3-7-15)11-10-17-12-16-8-4-5-9-18(16)22-21(17)27/h1-9,17H,10-14H2,(H,22,27)(H,25,26). The summed E-state index contributed by atoms with van der Waals surface area (Å²) in [4.78, 5) is 37.4. The first-order valence-electron chi connectivity index (χ1n) is 8.95. The summed E-state index contributed by atoms with van der Waals surface area (Å²) >= 11 is 0. The van der Waals surface area contributed by atoms with Crippen molar-refractivity contribution in [3.63, 3.8) is 0 Å². The zero-order chi connectivity index (χ0) is 19.2. The van der Waals surface area contributed by atoms with Gasteiger partial charge in [-0.3, -0.25) is 14.4 Å². The molecular formula is C21H22N2O4. The summed E-state index contributed by atoms with van der Waals surface area (Å²) in [5.74, 6) is -1.68. The number of para-hydroxylation sites is 1. The summed E-state index contributed by atoms with van der Waals surface area (Å²) in [6, 6.07) is 16.9. The fraction of sp³-hybridized carbons (Fsp3) is 0.286. The van der Waals surface area contributed by atoms with Crippen LogP contribution in [-0.4, -0.2) is 34.3 Å². The van der Waals surface area contributed by atoms with Gasteiger partial charge in [-0.15, -0.1) is 0 Å². The number of hydrogen-bond acceptors (Lipinski definition) is 3. The van der Waals surface area contributed by atoms with Crippen molar-refractivity contribution in [2.45, 2.75) is 25.8 Å². The summed E-state index contributed by atoms with van der Waals surface area (Å²) in [5, 5.41) is 12.0. The van der Waals surface area contributed by atoms with E-state index in [1.54, 1.807) is 0 Å². The van der Waals surface area contributed by atoms with Crippen LogP contribution >= 0.6 is 0 Å². The Labute approximate surface area is 157 Å². The maximum atomic E-state index is 12.6. The maximum Gasteiger partial charge on any atom is 0.323 e. The van der Waals surface area contributed by atoms with Crippen LogP contribution in [0.15, 0.2) is 54.6 Å². The van der Waals surface area contributed by atoms with Gasteiger partial charge in [-0.25, -0.2) is 0 Å². The summed E-state index contributed by atoms with van der Waals surface area (Å²) in [5.41, 5.74) is 2.75. The molecular weight excluding hydrogens is 344 g/mol. The van der Waals surface area contributed by atoms with Gasteiger partial charge in [0, 0.05) is 24.6 Å². The van der Waals surface area contributed by atoms with Gasteiger partial charge in [0.25, 0.3) is 0 Å². The van der Waals surface area contributed by atoms with E-state index >= 15 is 0 Å². The summed E-state index contributed by atoms with van der Waals surface area (Å²) in [7, 11) is 0. The van der Waals surface area contributed by atoms with Gasteiger partial charge in [-0.05, 0) is 30.0 Å². The fourth-order valence-electron chi connectivity index (χ4n) is 3.30. The molecule has 0 fully saturated rings. The molecule has 6 heteroatoms. The van der Waals surface area contributed by atoms with Gasteiger partial charge in [0.1, 0.15) is 6.54 Å². The van der Waals surface area contributed by atoms with E-state index < -0.39 is 5.97 Å². The molecule has 2 aromatic rings. The molecule has 0 aliphatic carbocycles. The Morgan fingerprint density at radius 2 is 1.78 bits per heavy atom. The molecule has 1 unspecified atom stereocenters. The fourth-order valence-corrected chi connectivity index (χ4v) is 3.30. The number of carbonyl (C=O) groups excluding carboxylic acids is 2. The van der Waals surface area contributed by atoms with Crippen molar-refractivity contribution >= 4 is 23.5 Å². The molecule has 0 bridgehead atoms. The molecule has 1 heterocycles. The monoisotopic (exact) mass is 366 g/mol. The third-order valence-electron chi connectivity index (χ3n) is 4.71. The van der Waals surface area contributed by atoms with Crippen molar-refractivity contribution in [2.24, 2.45) is 5.92 Å². The molecule has 0 saturated heterocycles. The van der Waals surface area contributed by atoms with Gasteiger partial charge in [0.05, 0.1) is 0 Å². The van der Waals surface area contributed by atoms with Crippen LogP contribution in [0, 0.1) is 5.92 Å². The van der Waals surface area contributed by atoms with Crippen molar-refractivity contribution in [1.82, 2.24) is 4.90 Å². The Balaban J connectivity index is 1.62. The number of amides is 2. The Morgan fingerprint density at radius 1 is 1.07 bits per heavy atom. The number of nitrogens with zero attached hydrogens (tertiary/aromatic N) is 1. The van der Waals surface area contributed by atoms with Crippen LogP contribution in [-0.2, 0) is 27.3 Å². The predicted octanol–water partition coefficient (Wildman–Crippen LogP) is 2.69. The minimum Gasteiger partial charge on any atom is -0.480 e. The summed E-state index contributed by atoms with van der Waals surface area (Å²) in [6.07, 6.45) is 1.12. The third-order valence-corrected chi connectivity index (χ3v) is 4.71. The second-order valence-electron chi connectivity index (χ2n) is 6.72. The van der Waals surface area contributed by atoms with Gasteiger partial charge < -0.3 is 15.3 Å². The SMILES string of the molecule is O=C(O)CN(Cc1ccccc1)C(=O)CCC1Cc2ccccc2NC1=O. The normalized spacial score (nSPS) is 15.6. The number of carbonyl (C=O) groups is 3. The molecule has 2 N–H and O–H groups in total. The van der Waals surface area contributed by atoms with E-state index in [0.29, 0.717) is 12.8 Å². The first-order chi connectivity index (χ1) is 13.0. The lowest BCUT2D eigenvalue weighted by atomic mass is 9.89. The molecule has 1 atom stereocenters. The molecule has 0 spiro atoms. The van der Waals surface area contributed by atoms with Crippen LogP contribution in [0.4, 0.5) is 5.69 Å². The molecule has 1 aliphatic heterocycles. The molecule has 6 nitrogen and oxygen atoms in total. The zero-order valence-electron chi connectivity index (χ0n) is 14.9.